The first kappa shape index (κ1) is 11.4. The maximum absolute atomic E-state index is 5.63. The number of thiazole rings is 1. The Kier molecular flexibility index (Phi) is 3.12. The Bertz CT molecular complexity index is 487. The third-order valence-electron chi connectivity index (χ3n) is 2.61. The van der Waals surface area contributed by atoms with Crippen LogP contribution in [0.3, 0.4) is 0 Å². The second-order valence-corrected chi connectivity index (χ2v) is 4.92. The smallest absolute Gasteiger partial charge is 0.110 e. The molecule has 0 fully saturated rings. The van der Waals surface area contributed by atoms with Crippen LogP contribution in [0.5, 0.6) is 0 Å². The van der Waals surface area contributed by atoms with Crippen molar-refractivity contribution in [3.8, 4) is 11.3 Å². The van der Waals surface area contributed by atoms with Gasteiger partial charge < -0.3 is 10.2 Å². The normalized spacial score (nSPS) is 13.0. The number of nitrogens with two attached hydrogens (primary N) is 1. The van der Waals surface area contributed by atoms with E-state index in [0.717, 1.165) is 27.8 Å². The highest BCUT2D eigenvalue weighted by molar-refractivity contribution is 7.10. The van der Waals surface area contributed by atoms with Crippen molar-refractivity contribution >= 4 is 11.3 Å². The minimum atomic E-state index is 0.326. The standard InChI is InChI=1S/C12H16N2OS/c1-7(5-13)12-14-11(6-16-12)10-4-8(2)15-9(10)3/h4,6-7H,5,13H2,1-3H3. The van der Waals surface area contributed by atoms with Crippen molar-refractivity contribution in [3.63, 3.8) is 0 Å². The molecule has 4 heteroatoms. The summed E-state index contributed by atoms with van der Waals surface area (Å²) in [5.41, 5.74) is 7.72. The quantitative estimate of drug-likeness (QED) is 0.891. The van der Waals surface area contributed by atoms with E-state index in [9.17, 15) is 0 Å². The largest absolute Gasteiger partial charge is 0.466 e. The summed E-state index contributed by atoms with van der Waals surface area (Å²) in [5, 5.41) is 3.16. The van der Waals surface area contributed by atoms with Crippen LogP contribution in [0, 0.1) is 13.8 Å². The van der Waals surface area contributed by atoms with Gasteiger partial charge in [-0.3, -0.25) is 0 Å². The molecule has 86 valence electrons. The van der Waals surface area contributed by atoms with E-state index in [1.54, 1.807) is 11.3 Å². The summed E-state index contributed by atoms with van der Waals surface area (Å²) in [6.45, 7) is 6.65. The van der Waals surface area contributed by atoms with Gasteiger partial charge in [0.1, 0.15) is 11.5 Å². The molecular weight excluding hydrogens is 220 g/mol. The van der Waals surface area contributed by atoms with Gasteiger partial charge in [-0.05, 0) is 19.9 Å². The molecule has 0 saturated heterocycles. The second kappa shape index (κ2) is 4.39. The van der Waals surface area contributed by atoms with E-state index in [4.69, 9.17) is 10.2 Å². The van der Waals surface area contributed by atoms with E-state index >= 15 is 0 Å². The van der Waals surface area contributed by atoms with Crippen LogP contribution in [-0.2, 0) is 0 Å². The van der Waals surface area contributed by atoms with E-state index in [1.165, 1.54) is 0 Å². The highest BCUT2D eigenvalue weighted by Crippen LogP contribution is 2.29. The molecule has 0 radical (unpaired) electrons. The molecule has 1 unspecified atom stereocenters. The molecule has 0 saturated carbocycles. The molecule has 2 heterocycles. The van der Waals surface area contributed by atoms with Gasteiger partial charge in [0.25, 0.3) is 0 Å². The van der Waals surface area contributed by atoms with Gasteiger partial charge in [-0.25, -0.2) is 4.98 Å². The summed E-state index contributed by atoms with van der Waals surface area (Å²) in [6.07, 6.45) is 0. The first-order valence-corrected chi connectivity index (χ1v) is 6.22. The van der Waals surface area contributed by atoms with Crippen LogP contribution in [0.15, 0.2) is 15.9 Å². The number of rotatable bonds is 3. The predicted molar refractivity (Wildman–Crippen MR) is 66.8 cm³/mol. The molecule has 3 nitrogen and oxygen atoms in total. The lowest BCUT2D eigenvalue weighted by atomic mass is 10.2. The molecule has 16 heavy (non-hydrogen) atoms. The van der Waals surface area contributed by atoms with Crippen molar-refractivity contribution in [2.24, 2.45) is 5.73 Å². The van der Waals surface area contributed by atoms with Crippen LogP contribution in [0.25, 0.3) is 11.3 Å². The maximum Gasteiger partial charge on any atom is 0.110 e. The van der Waals surface area contributed by atoms with Crippen LogP contribution in [-0.4, -0.2) is 11.5 Å². The highest BCUT2D eigenvalue weighted by Gasteiger charge is 2.13. The summed E-state index contributed by atoms with van der Waals surface area (Å²) < 4.78 is 5.50. The monoisotopic (exact) mass is 236 g/mol. The lowest BCUT2D eigenvalue weighted by molar-refractivity contribution is 0.505. The zero-order valence-corrected chi connectivity index (χ0v) is 10.6. The molecule has 0 aliphatic rings. The second-order valence-electron chi connectivity index (χ2n) is 4.03. The Morgan fingerprint density at radius 1 is 1.50 bits per heavy atom. The fourth-order valence-corrected chi connectivity index (χ4v) is 2.52. The Labute approximate surface area is 99.3 Å². The molecule has 0 aliphatic carbocycles. The zero-order chi connectivity index (χ0) is 11.7. The maximum atomic E-state index is 5.63. The molecule has 0 amide bonds. The van der Waals surface area contributed by atoms with E-state index in [0.29, 0.717) is 12.5 Å². The number of aryl methyl sites for hydroxylation is 2. The van der Waals surface area contributed by atoms with Gasteiger partial charge in [-0.2, -0.15) is 0 Å². The van der Waals surface area contributed by atoms with Crippen molar-refractivity contribution in [3.05, 3.63) is 28.0 Å². The highest BCUT2D eigenvalue weighted by atomic mass is 32.1. The van der Waals surface area contributed by atoms with E-state index < -0.39 is 0 Å². The van der Waals surface area contributed by atoms with Crippen LogP contribution >= 0.6 is 11.3 Å². The summed E-state index contributed by atoms with van der Waals surface area (Å²) in [7, 11) is 0. The Morgan fingerprint density at radius 2 is 2.25 bits per heavy atom. The van der Waals surface area contributed by atoms with Crippen molar-refractivity contribution in [1.29, 1.82) is 0 Å². The van der Waals surface area contributed by atoms with E-state index in [2.05, 4.69) is 17.3 Å². The number of nitrogens with zero attached hydrogens (tertiary/aromatic N) is 1. The van der Waals surface area contributed by atoms with Gasteiger partial charge in [-0.1, -0.05) is 6.92 Å². The molecule has 0 aliphatic heterocycles. The van der Waals surface area contributed by atoms with Gasteiger partial charge in [0.15, 0.2) is 0 Å². The van der Waals surface area contributed by atoms with E-state index in [1.807, 2.05) is 19.9 Å². The zero-order valence-electron chi connectivity index (χ0n) is 9.78. The fraction of sp³-hybridized carbons (Fsp3) is 0.417. The lowest BCUT2D eigenvalue weighted by Crippen LogP contribution is -2.08. The van der Waals surface area contributed by atoms with Gasteiger partial charge in [0, 0.05) is 23.4 Å². The van der Waals surface area contributed by atoms with Gasteiger partial charge in [0.2, 0.25) is 0 Å². The van der Waals surface area contributed by atoms with E-state index in [-0.39, 0.29) is 0 Å². The molecule has 2 rings (SSSR count). The third kappa shape index (κ3) is 2.03. The first-order valence-electron chi connectivity index (χ1n) is 5.34. The Balaban J connectivity index is 2.35. The average molecular weight is 236 g/mol. The Hall–Kier alpha value is -1.13. The molecule has 0 spiro atoms. The summed E-state index contributed by atoms with van der Waals surface area (Å²) in [5.74, 6) is 2.18. The SMILES string of the molecule is Cc1cc(-c2csc(C(C)CN)n2)c(C)o1. The third-order valence-corrected chi connectivity index (χ3v) is 3.69. The van der Waals surface area contributed by atoms with Crippen LogP contribution < -0.4 is 5.73 Å². The molecule has 2 aromatic rings. The van der Waals surface area contributed by atoms with Crippen LogP contribution in [0.4, 0.5) is 0 Å². The van der Waals surface area contributed by atoms with Gasteiger partial charge in [0.05, 0.1) is 10.7 Å². The molecule has 2 aromatic heterocycles. The van der Waals surface area contributed by atoms with Crippen molar-refractivity contribution < 1.29 is 4.42 Å². The van der Waals surface area contributed by atoms with Crippen molar-refractivity contribution in [2.45, 2.75) is 26.7 Å². The molecule has 2 N–H and O–H groups in total. The predicted octanol–water partition coefficient (Wildman–Crippen LogP) is 3.08. The first-order chi connectivity index (χ1) is 7.61. The van der Waals surface area contributed by atoms with Crippen molar-refractivity contribution in [2.75, 3.05) is 6.54 Å². The fourth-order valence-electron chi connectivity index (χ4n) is 1.62. The number of aromatic nitrogens is 1. The number of hydrogen-bond acceptors (Lipinski definition) is 4. The minimum Gasteiger partial charge on any atom is -0.466 e. The molecule has 0 bridgehead atoms. The molecule has 0 aromatic carbocycles. The van der Waals surface area contributed by atoms with Crippen LogP contribution in [0.2, 0.25) is 0 Å². The summed E-state index contributed by atoms with van der Waals surface area (Å²) in [4.78, 5) is 4.60. The van der Waals surface area contributed by atoms with Crippen molar-refractivity contribution in [1.82, 2.24) is 4.98 Å². The topological polar surface area (TPSA) is 52.0 Å². The molecule has 1 atom stereocenters. The van der Waals surface area contributed by atoms with Crippen LogP contribution in [0.1, 0.15) is 29.4 Å². The summed E-state index contributed by atoms with van der Waals surface area (Å²) >= 11 is 1.66. The number of furan rings is 1. The number of hydrogen-bond donors (Lipinski definition) is 1. The van der Waals surface area contributed by atoms with Gasteiger partial charge >= 0.3 is 0 Å². The Morgan fingerprint density at radius 3 is 2.81 bits per heavy atom. The summed E-state index contributed by atoms with van der Waals surface area (Å²) in [6, 6.07) is 2.03. The molecular formula is C12H16N2OS. The minimum absolute atomic E-state index is 0.326. The lowest BCUT2D eigenvalue weighted by Gasteiger charge is -2.01. The van der Waals surface area contributed by atoms with Gasteiger partial charge in [-0.15, -0.1) is 11.3 Å². The average Bonchev–Trinajstić information content (AvgIpc) is 2.83.